The Balaban J connectivity index is 2.45. The number of benzene rings is 1. The van der Waals surface area contributed by atoms with E-state index in [0.29, 0.717) is 18.6 Å². The first-order valence-electron chi connectivity index (χ1n) is 8.08. The summed E-state index contributed by atoms with van der Waals surface area (Å²) >= 11 is 0. The molecular weight excluding hydrogens is 366 g/mol. The van der Waals surface area contributed by atoms with E-state index >= 15 is 0 Å². The molecule has 0 aromatic heterocycles. The van der Waals surface area contributed by atoms with E-state index in [1.807, 2.05) is 0 Å². The zero-order valence-electron chi connectivity index (χ0n) is 14.6. The molecular formula is C15H25N3O5S2. The molecule has 1 heterocycles. The summed E-state index contributed by atoms with van der Waals surface area (Å²) in [6.45, 7) is 2.99. The molecule has 2 N–H and O–H groups in total. The smallest absolute Gasteiger partial charge is 0.245 e. The van der Waals surface area contributed by atoms with Gasteiger partial charge >= 0.3 is 0 Å². The molecule has 1 saturated heterocycles. The summed E-state index contributed by atoms with van der Waals surface area (Å²) in [6.07, 6.45) is 1.42. The van der Waals surface area contributed by atoms with Crippen LogP contribution in [0.3, 0.4) is 0 Å². The van der Waals surface area contributed by atoms with Crippen LogP contribution in [0, 0.1) is 0 Å². The molecule has 142 valence electrons. The summed E-state index contributed by atoms with van der Waals surface area (Å²) in [5.41, 5.74) is 0.00184. The predicted molar refractivity (Wildman–Crippen MR) is 96.9 cm³/mol. The molecule has 0 saturated carbocycles. The van der Waals surface area contributed by atoms with Crippen LogP contribution in [-0.4, -0.2) is 60.2 Å². The average molecular weight is 392 g/mol. The number of anilines is 1. The first kappa shape index (κ1) is 20.0. The van der Waals surface area contributed by atoms with Crippen molar-refractivity contribution < 1.29 is 21.6 Å². The lowest BCUT2D eigenvalue weighted by Gasteiger charge is -2.31. The summed E-state index contributed by atoms with van der Waals surface area (Å²) in [5.74, 6) is 0.214. The Bertz CT molecular complexity index is 802. The van der Waals surface area contributed by atoms with Crippen molar-refractivity contribution in [2.45, 2.75) is 30.7 Å². The Kier molecular flexibility index (Phi) is 6.30. The Hall–Kier alpha value is -1.36. The first-order valence-corrected chi connectivity index (χ1v) is 11.2. The largest absolute Gasteiger partial charge is 0.497 e. The van der Waals surface area contributed by atoms with Crippen molar-refractivity contribution in [2.75, 3.05) is 37.7 Å². The second-order valence-electron chi connectivity index (χ2n) is 5.87. The lowest BCUT2D eigenvalue weighted by atomic mass is 10.1. The molecule has 8 nitrogen and oxygen atoms in total. The fourth-order valence-corrected chi connectivity index (χ4v) is 4.96. The van der Waals surface area contributed by atoms with Crippen molar-refractivity contribution in [1.82, 2.24) is 9.62 Å². The van der Waals surface area contributed by atoms with Gasteiger partial charge in [0, 0.05) is 19.2 Å². The highest BCUT2D eigenvalue weighted by molar-refractivity contribution is 7.93. The van der Waals surface area contributed by atoms with Crippen LogP contribution in [0.4, 0.5) is 5.69 Å². The van der Waals surface area contributed by atoms with Gasteiger partial charge in [-0.1, -0.05) is 0 Å². The number of sulfonamides is 2. The van der Waals surface area contributed by atoms with Crippen LogP contribution < -0.4 is 14.8 Å². The molecule has 0 amide bonds. The van der Waals surface area contributed by atoms with Crippen molar-refractivity contribution in [2.24, 2.45) is 0 Å². The van der Waals surface area contributed by atoms with Crippen molar-refractivity contribution in [3.05, 3.63) is 18.2 Å². The average Bonchev–Trinajstić information content (AvgIpc) is 2.61. The topological polar surface area (TPSA) is 105 Å². The number of nitrogens with one attached hydrogen (secondary N) is 2. The number of hydrogen-bond donors (Lipinski definition) is 2. The normalized spacial score (nSPS) is 16.8. The number of piperidine rings is 1. The minimum absolute atomic E-state index is 0.00184. The number of rotatable bonds is 7. The highest BCUT2D eigenvalue weighted by atomic mass is 32.2. The first-order chi connectivity index (χ1) is 11.7. The minimum Gasteiger partial charge on any atom is -0.497 e. The van der Waals surface area contributed by atoms with Gasteiger partial charge in [0.05, 0.1) is 18.6 Å². The third-order valence-electron chi connectivity index (χ3n) is 4.31. The van der Waals surface area contributed by atoms with E-state index in [-0.39, 0.29) is 22.4 Å². The Morgan fingerprint density at radius 1 is 1.24 bits per heavy atom. The standard InChI is InChI=1S/C15H25N3O5S2/c1-4-24(19,20)17-14-11-13(23-3)5-6-15(14)25(21,22)18(2)12-7-9-16-10-8-12/h5-6,11-12,16-17H,4,7-10H2,1-3H3. The zero-order valence-corrected chi connectivity index (χ0v) is 16.3. The van der Waals surface area contributed by atoms with Crippen molar-refractivity contribution in [1.29, 1.82) is 0 Å². The van der Waals surface area contributed by atoms with Crippen molar-refractivity contribution in [3.8, 4) is 5.75 Å². The summed E-state index contributed by atoms with van der Waals surface area (Å²) in [4.78, 5) is -0.0774. The minimum atomic E-state index is -3.85. The van der Waals surface area contributed by atoms with Crippen LogP contribution >= 0.6 is 0 Å². The van der Waals surface area contributed by atoms with Gasteiger partial charge in [0.15, 0.2) is 0 Å². The Morgan fingerprint density at radius 3 is 2.44 bits per heavy atom. The van der Waals surface area contributed by atoms with Gasteiger partial charge in [0.25, 0.3) is 0 Å². The lowest BCUT2D eigenvalue weighted by molar-refractivity contribution is 0.296. The van der Waals surface area contributed by atoms with E-state index in [9.17, 15) is 16.8 Å². The highest BCUT2D eigenvalue weighted by Crippen LogP contribution is 2.31. The maximum atomic E-state index is 13.1. The fraction of sp³-hybridized carbons (Fsp3) is 0.600. The third kappa shape index (κ3) is 4.63. The van der Waals surface area contributed by atoms with Crippen LogP contribution in [0.25, 0.3) is 0 Å². The Labute approximate surface area is 149 Å². The van der Waals surface area contributed by atoms with Crippen molar-refractivity contribution in [3.63, 3.8) is 0 Å². The van der Waals surface area contributed by atoms with Crippen LogP contribution in [-0.2, 0) is 20.0 Å². The van der Waals surface area contributed by atoms with E-state index in [2.05, 4.69) is 10.0 Å². The molecule has 0 aliphatic carbocycles. The number of ether oxygens (including phenoxy) is 1. The predicted octanol–water partition coefficient (Wildman–Crippen LogP) is 0.829. The molecule has 1 aromatic carbocycles. The van der Waals surface area contributed by atoms with Gasteiger partial charge in [-0.05, 0) is 45.0 Å². The maximum Gasteiger partial charge on any atom is 0.245 e. The second kappa shape index (κ2) is 7.90. The van der Waals surface area contributed by atoms with Crippen LogP contribution in [0.5, 0.6) is 5.75 Å². The summed E-state index contributed by atoms with van der Waals surface area (Å²) in [6, 6.07) is 4.15. The van der Waals surface area contributed by atoms with Gasteiger partial charge in [-0.3, -0.25) is 4.72 Å². The molecule has 1 fully saturated rings. The number of hydrogen-bond acceptors (Lipinski definition) is 6. The molecule has 2 rings (SSSR count). The molecule has 0 radical (unpaired) electrons. The summed E-state index contributed by atoms with van der Waals surface area (Å²) in [7, 11) is -4.51. The molecule has 1 aromatic rings. The van der Waals surface area contributed by atoms with E-state index in [4.69, 9.17) is 4.74 Å². The van der Waals surface area contributed by atoms with Gasteiger partial charge in [-0.2, -0.15) is 4.31 Å². The van der Waals surface area contributed by atoms with E-state index in [1.54, 1.807) is 0 Å². The molecule has 10 heteroatoms. The SMILES string of the molecule is CCS(=O)(=O)Nc1cc(OC)ccc1S(=O)(=O)N(C)C1CCNCC1. The van der Waals surface area contributed by atoms with Crippen LogP contribution in [0.1, 0.15) is 19.8 Å². The van der Waals surface area contributed by atoms with Gasteiger partial charge in [-0.15, -0.1) is 0 Å². The van der Waals surface area contributed by atoms with E-state index < -0.39 is 20.0 Å². The zero-order chi connectivity index (χ0) is 18.7. The van der Waals surface area contributed by atoms with Gasteiger partial charge in [0.1, 0.15) is 10.6 Å². The van der Waals surface area contributed by atoms with Crippen LogP contribution in [0.2, 0.25) is 0 Å². The molecule has 0 spiro atoms. The summed E-state index contributed by atoms with van der Waals surface area (Å²) in [5, 5.41) is 3.20. The molecule has 0 unspecified atom stereocenters. The van der Waals surface area contributed by atoms with Crippen LogP contribution in [0.15, 0.2) is 23.1 Å². The van der Waals surface area contributed by atoms with Gasteiger partial charge < -0.3 is 10.1 Å². The fourth-order valence-electron chi connectivity index (χ4n) is 2.70. The molecule has 0 bridgehead atoms. The van der Waals surface area contributed by atoms with E-state index in [1.165, 1.54) is 43.6 Å². The monoisotopic (exact) mass is 391 g/mol. The molecule has 1 aliphatic heterocycles. The molecule has 25 heavy (non-hydrogen) atoms. The second-order valence-corrected chi connectivity index (χ2v) is 9.85. The molecule has 1 aliphatic rings. The summed E-state index contributed by atoms with van der Waals surface area (Å²) < 4.78 is 58.8. The lowest BCUT2D eigenvalue weighted by Crippen LogP contribution is -2.44. The van der Waals surface area contributed by atoms with Gasteiger partial charge in [0.2, 0.25) is 20.0 Å². The van der Waals surface area contributed by atoms with Gasteiger partial charge in [-0.25, -0.2) is 16.8 Å². The number of nitrogens with zero attached hydrogens (tertiary/aromatic N) is 1. The van der Waals surface area contributed by atoms with E-state index in [0.717, 1.165) is 13.1 Å². The highest BCUT2D eigenvalue weighted by Gasteiger charge is 2.31. The Morgan fingerprint density at radius 2 is 1.88 bits per heavy atom. The molecule has 0 atom stereocenters. The maximum absolute atomic E-state index is 13.1. The van der Waals surface area contributed by atoms with Crippen molar-refractivity contribution >= 4 is 25.7 Å². The number of methoxy groups -OCH3 is 1. The quantitative estimate of drug-likeness (QED) is 0.713. The third-order valence-corrected chi connectivity index (χ3v) is 7.57.